The second-order valence-corrected chi connectivity index (χ2v) is 5.43. The molecule has 3 aromatic rings. The number of nitrogens with two attached hydrogens (primary N) is 1. The summed E-state index contributed by atoms with van der Waals surface area (Å²) in [6.07, 6.45) is 0. The summed E-state index contributed by atoms with van der Waals surface area (Å²) in [4.78, 5) is 0. The molecule has 2 nitrogen and oxygen atoms in total. The maximum absolute atomic E-state index is 5.52. The Morgan fingerprint density at radius 1 is 0.652 bits per heavy atom. The molecule has 0 radical (unpaired) electrons. The van der Waals surface area contributed by atoms with Crippen molar-refractivity contribution in [2.75, 3.05) is 5.73 Å². The average molecular weight is 304 g/mol. The van der Waals surface area contributed by atoms with Crippen molar-refractivity contribution >= 4 is 5.69 Å². The number of anilines is 1. The largest absolute Gasteiger partial charge is 0.399 e. The molecule has 0 fully saturated rings. The number of aryl methyl sites for hydroxylation is 1. The van der Waals surface area contributed by atoms with Gasteiger partial charge in [-0.1, -0.05) is 78.9 Å². The first kappa shape index (κ1) is 16.8. The first-order chi connectivity index (χ1) is 11.3. The molecule has 0 amide bonds. The van der Waals surface area contributed by atoms with Gasteiger partial charge in [-0.2, -0.15) is 0 Å². The van der Waals surface area contributed by atoms with Crippen molar-refractivity contribution in [1.29, 1.82) is 0 Å². The molecule has 23 heavy (non-hydrogen) atoms. The van der Waals surface area contributed by atoms with Crippen molar-refractivity contribution < 1.29 is 0 Å². The highest BCUT2D eigenvalue weighted by Crippen LogP contribution is 2.06. The molecule has 0 unspecified atom stereocenters. The molecule has 2 heteroatoms. The summed E-state index contributed by atoms with van der Waals surface area (Å²) in [5.74, 6) is 0. The van der Waals surface area contributed by atoms with E-state index < -0.39 is 0 Å². The maximum Gasteiger partial charge on any atom is 0.0343 e. The van der Waals surface area contributed by atoms with Crippen LogP contribution in [0.1, 0.15) is 16.7 Å². The molecule has 0 saturated heterocycles. The van der Waals surface area contributed by atoms with Crippen LogP contribution >= 0.6 is 0 Å². The molecule has 0 atom stereocenters. The van der Waals surface area contributed by atoms with E-state index in [2.05, 4.69) is 53.8 Å². The Morgan fingerprint density at radius 3 is 1.48 bits per heavy atom. The molecular formula is C21H24N2. The van der Waals surface area contributed by atoms with Crippen LogP contribution in [0, 0.1) is 6.92 Å². The number of benzene rings is 3. The summed E-state index contributed by atoms with van der Waals surface area (Å²) in [5.41, 5.74) is 10.2. The molecule has 3 rings (SSSR count). The van der Waals surface area contributed by atoms with Crippen molar-refractivity contribution in [1.82, 2.24) is 5.32 Å². The van der Waals surface area contributed by atoms with Crippen LogP contribution in [0.25, 0.3) is 0 Å². The quantitative estimate of drug-likeness (QED) is 0.694. The fraction of sp³-hybridized carbons (Fsp3) is 0.143. The fourth-order valence-corrected chi connectivity index (χ4v) is 2.13. The number of hydrogen-bond acceptors (Lipinski definition) is 2. The molecule has 0 heterocycles. The minimum Gasteiger partial charge on any atom is -0.399 e. The molecule has 3 N–H and O–H groups in total. The summed E-state index contributed by atoms with van der Waals surface area (Å²) >= 11 is 0. The molecule has 0 spiro atoms. The fourth-order valence-electron chi connectivity index (χ4n) is 2.13. The molecular weight excluding hydrogens is 280 g/mol. The van der Waals surface area contributed by atoms with E-state index in [4.69, 9.17) is 5.73 Å². The molecule has 0 aliphatic heterocycles. The van der Waals surface area contributed by atoms with E-state index >= 15 is 0 Å². The van der Waals surface area contributed by atoms with Gasteiger partial charge in [0.05, 0.1) is 0 Å². The van der Waals surface area contributed by atoms with Crippen LogP contribution in [0.2, 0.25) is 0 Å². The lowest BCUT2D eigenvalue weighted by molar-refractivity contribution is 0.693. The predicted molar refractivity (Wildman–Crippen MR) is 99.0 cm³/mol. The third-order valence-electron chi connectivity index (χ3n) is 3.53. The zero-order chi connectivity index (χ0) is 16.3. The zero-order valence-corrected chi connectivity index (χ0v) is 13.6. The van der Waals surface area contributed by atoms with Gasteiger partial charge in [-0.25, -0.2) is 0 Å². The van der Waals surface area contributed by atoms with Crippen LogP contribution in [-0.4, -0.2) is 0 Å². The third kappa shape index (κ3) is 6.37. The number of hydrogen-bond donors (Lipinski definition) is 2. The van der Waals surface area contributed by atoms with E-state index in [1.54, 1.807) is 0 Å². The summed E-state index contributed by atoms with van der Waals surface area (Å²) in [6.45, 7) is 3.85. The van der Waals surface area contributed by atoms with Crippen LogP contribution < -0.4 is 11.1 Å². The van der Waals surface area contributed by atoms with Gasteiger partial charge in [0.15, 0.2) is 0 Å². The number of nitrogen functional groups attached to an aromatic ring is 1. The highest BCUT2D eigenvalue weighted by Gasteiger charge is 1.92. The molecule has 0 aliphatic carbocycles. The zero-order valence-electron chi connectivity index (χ0n) is 13.6. The van der Waals surface area contributed by atoms with Gasteiger partial charge in [-0.15, -0.1) is 0 Å². The van der Waals surface area contributed by atoms with Crippen LogP contribution in [-0.2, 0) is 13.1 Å². The van der Waals surface area contributed by atoms with Crippen LogP contribution in [0.5, 0.6) is 0 Å². The smallest absolute Gasteiger partial charge is 0.0343 e. The molecule has 0 saturated carbocycles. The minimum absolute atomic E-state index is 0.868. The van der Waals surface area contributed by atoms with Gasteiger partial charge in [-0.3, -0.25) is 0 Å². The van der Waals surface area contributed by atoms with Crippen molar-refractivity contribution in [3.8, 4) is 0 Å². The highest BCUT2D eigenvalue weighted by atomic mass is 14.8. The Kier molecular flexibility index (Phi) is 6.89. The summed E-state index contributed by atoms with van der Waals surface area (Å²) in [5, 5.41) is 3.42. The maximum atomic E-state index is 5.52. The Bertz CT molecular complexity index is 618. The van der Waals surface area contributed by atoms with Crippen LogP contribution in [0.4, 0.5) is 5.69 Å². The molecule has 0 aromatic heterocycles. The first-order valence-electron chi connectivity index (χ1n) is 7.85. The summed E-state index contributed by atoms with van der Waals surface area (Å²) in [7, 11) is 0. The van der Waals surface area contributed by atoms with E-state index in [0.29, 0.717) is 0 Å². The predicted octanol–water partition coefficient (Wildman–Crippen LogP) is 4.55. The lowest BCUT2D eigenvalue weighted by Gasteiger charge is -2.04. The highest BCUT2D eigenvalue weighted by molar-refractivity contribution is 5.44. The molecule has 0 bridgehead atoms. The third-order valence-corrected chi connectivity index (χ3v) is 3.53. The van der Waals surface area contributed by atoms with Crippen molar-refractivity contribution in [2.45, 2.75) is 20.0 Å². The standard InChI is InChI=1S/C14H15N.C7H9N/c1-3-7-13(8-4-1)11-15-12-14-9-5-2-6-10-14;1-6-4-2-3-5-7(6)8/h1-10,15H,11-12H2;2-5H,8H2,1H3. The van der Waals surface area contributed by atoms with Crippen molar-refractivity contribution in [3.05, 3.63) is 102 Å². The normalized spacial score (nSPS) is 9.78. The van der Waals surface area contributed by atoms with Crippen molar-refractivity contribution in [2.24, 2.45) is 0 Å². The Labute approximate surface area is 139 Å². The van der Waals surface area contributed by atoms with Gasteiger partial charge < -0.3 is 11.1 Å². The van der Waals surface area contributed by atoms with Gasteiger partial charge in [0.2, 0.25) is 0 Å². The Balaban J connectivity index is 0.000000203. The summed E-state index contributed by atoms with van der Waals surface area (Å²) < 4.78 is 0. The first-order valence-corrected chi connectivity index (χ1v) is 7.85. The number of para-hydroxylation sites is 1. The van der Waals surface area contributed by atoms with Gasteiger partial charge in [0, 0.05) is 18.8 Å². The van der Waals surface area contributed by atoms with E-state index in [1.165, 1.54) is 11.1 Å². The van der Waals surface area contributed by atoms with Crippen molar-refractivity contribution in [3.63, 3.8) is 0 Å². The van der Waals surface area contributed by atoms with Gasteiger partial charge in [0.1, 0.15) is 0 Å². The Hall–Kier alpha value is -2.58. The second-order valence-electron chi connectivity index (χ2n) is 5.43. The average Bonchev–Trinajstić information content (AvgIpc) is 2.60. The monoisotopic (exact) mass is 304 g/mol. The molecule has 118 valence electrons. The number of rotatable bonds is 4. The van der Waals surface area contributed by atoms with Crippen LogP contribution in [0.3, 0.4) is 0 Å². The van der Waals surface area contributed by atoms with E-state index in [1.807, 2.05) is 43.3 Å². The lowest BCUT2D eigenvalue weighted by Crippen LogP contribution is -2.12. The topological polar surface area (TPSA) is 38.0 Å². The minimum atomic E-state index is 0.868. The van der Waals surface area contributed by atoms with Gasteiger partial charge >= 0.3 is 0 Å². The summed E-state index contributed by atoms with van der Waals surface area (Å²) in [6, 6.07) is 28.7. The van der Waals surface area contributed by atoms with Gasteiger partial charge in [0.25, 0.3) is 0 Å². The SMILES string of the molecule is Cc1ccccc1N.c1ccc(CNCc2ccccc2)cc1. The number of nitrogens with one attached hydrogen (secondary N) is 1. The van der Waals surface area contributed by atoms with E-state index in [0.717, 1.165) is 24.3 Å². The molecule has 0 aliphatic rings. The second kappa shape index (κ2) is 9.44. The molecule has 3 aromatic carbocycles. The van der Waals surface area contributed by atoms with E-state index in [9.17, 15) is 0 Å². The van der Waals surface area contributed by atoms with E-state index in [-0.39, 0.29) is 0 Å². The lowest BCUT2D eigenvalue weighted by atomic mass is 10.2. The van der Waals surface area contributed by atoms with Gasteiger partial charge in [-0.05, 0) is 29.7 Å². The van der Waals surface area contributed by atoms with Crippen LogP contribution in [0.15, 0.2) is 84.9 Å². The Morgan fingerprint density at radius 2 is 1.09 bits per heavy atom.